The molecule has 2 aromatic heterocycles. The van der Waals surface area contributed by atoms with E-state index in [9.17, 15) is 10.2 Å². The highest BCUT2D eigenvalue weighted by Crippen LogP contribution is 2.39. The number of imidazole rings is 1. The molecule has 3 unspecified atom stereocenters. The average molecular weight is 421 g/mol. The quantitative estimate of drug-likeness (QED) is 0.652. The molecule has 3 rings (SSSR count). The van der Waals surface area contributed by atoms with Gasteiger partial charge >= 0.3 is 0 Å². The number of fused-ring (bicyclic) bond motifs is 1. The van der Waals surface area contributed by atoms with Crippen LogP contribution in [0.5, 0.6) is 0 Å². The molecule has 21 heavy (non-hydrogen) atoms. The molecule has 2 aromatic rings. The number of hydrogen-bond acceptors (Lipinski definition) is 7. The molecule has 3 atom stereocenters. The van der Waals surface area contributed by atoms with E-state index in [0.717, 1.165) is 0 Å². The lowest BCUT2D eigenvalue weighted by atomic mass is 10.1. The zero-order valence-corrected chi connectivity index (χ0v) is 13.7. The predicted molar refractivity (Wildman–Crippen MR) is 81.6 cm³/mol. The highest BCUT2D eigenvalue weighted by molar-refractivity contribution is 9.28. The van der Waals surface area contributed by atoms with Crippen molar-refractivity contribution in [1.82, 2.24) is 19.5 Å². The smallest absolute Gasteiger partial charge is 0.167 e. The fraction of sp³-hybridized carbons (Fsp3) is 0.364. The van der Waals surface area contributed by atoms with E-state index in [1.807, 2.05) is 0 Å². The van der Waals surface area contributed by atoms with E-state index in [-0.39, 0.29) is 12.4 Å². The fourth-order valence-electron chi connectivity index (χ4n) is 2.31. The molecule has 4 N–H and O–H groups in total. The van der Waals surface area contributed by atoms with E-state index < -0.39 is 18.4 Å². The van der Waals surface area contributed by atoms with Gasteiger partial charge in [0.2, 0.25) is 0 Å². The van der Waals surface area contributed by atoms with E-state index in [2.05, 4.69) is 46.8 Å². The molecule has 1 aliphatic rings. The van der Waals surface area contributed by atoms with E-state index in [1.165, 1.54) is 12.7 Å². The summed E-state index contributed by atoms with van der Waals surface area (Å²) < 4.78 is 7.80. The van der Waals surface area contributed by atoms with Crippen molar-refractivity contribution < 1.29 is 14.9 Å². The Morgan fingerprint density at radius 3 is 2.76 bits per heavy atom. The number of aliphatic hydroxyl groups excluding tert-OH is 2. The molecule has 112 valence electrons. The van der Waals surface area contributed by atoms with Crippen molar-refractivity contribution in [3.63, 3.8) is 0 Å². The number of nitrogens with zero attached hydrogens (tertiary/aromatic N) is 4. The molecule has 1 fully saturated rings. The van der Waals surface area contributed by atoms with Crippen LogP contribution in [0.15, 0.2) is 21.6 Å². The summed E-state index contributed by atoms with van der Waals surface area (Å²) in [7, 11) is 0. The molecule has 0 bridgehead atoms. The van der Waals surface area contributed by atoms with Gasteiger partial charge < -0.3 is 20.7 Å². The van der Waals surface area contributed by atoms with Gasteiger partial charge in [-0.05, 0) is 31.9 Å². The van der Waals surface area contributed by atoms with Crippen molar-refractivity contribution in [2.75, 3.05) is 12.3 Å². The summed E-state index contributed by atoms with van der Waals surface area (Å²) in [6.07, 6.45) is 0.433. The molecule has 0 radical (unpaired) electrons. The number of ether oxygens (including phenoxy) is 1. The minimum Gasteiger partial charge on any atom is -0.393 e. The molecule has 10 heteroatoms. The van der Waals surface area contributed by atoms with Gasteiger partial charge in [0.1, 0.15) is 24.1 Å². The second kappa shape index (κ2) is 5.61. The normalized spacial score (nSPS) is 25.7. The summed E-state index contributed by atoms with van der Waals surface area (Å²) in [5, 5.41) is 19.8. The fourth-order valence-corrected chi connectivity index (χ4v) is 3.29. The van der Waals surface area contributed by atoms with E-state index in [0.29, 0.717) is 20.1 Å². The summed E-state index contributed by atoms with van der Waals surface area (Å²) in [5.41, 5.74) is 7.15. The van der Waals surface area contributed by atoms with E-state index in [1.54, 1.807) is 4.57 Å². The summed E-state index contributed by atoms with van der Waals surface area (Å²) >= 11 is 6.50. The number of anilines is 1. The summed E-state index contributed by atoms with van der Waals surface area (Å²) in [4.78, 5) is 12.1. The molecular formula is C11H11Br2N5O3. The van der Waals surface area contributed by atoms with Crippen molar-refractivity contribution in [2.24, 2.45) is 0 Å². The lowest BCUT2D eigenvalue weighted by molar-refractivity contribution is -0.0483. The Bertz CT molecular complexity index is 715. The van der Waals surface area contributed by atoms with E-state index >= 15 is 0 Å². The Labute approximate surface area is 135 Å². The molecule has 0 saturated carbocycles. The lowest BCUT2D eigenvalue weighted by Crippen LogP contribution is -2.20. The number of aromatic nitrogens is 4. The first-order valence-electron chi connectivity index (χ1n) is 5.97. The van der Waals surface area contributed by atoms with Crippen molar-refractivity contribution in [3.8, 4) is 0 Å². The molecule has 0 aromatic carbocycles. The average Bonchev–Trinajstić information content (AvgIpc) is 3.00. The largest absolute Gasteiger partial charge is 0.393 e. The second-order valence-electron chi connectivity index (χ2n) is 4.44. The van der Waals surface area contributed by atoms with Crippen LogP contribution in [-0.2, 0) is 4.74 Å². The van der Waals surface area contributed by atoms with Crippen LogP contribution in [0.3, 0.4) is 0 Å². The van der Waals surface area contributed by atoms with Gasteiger partial charge in [0.25, 0.3) is 0 Å². The molecule has 0 aliphatic carbocycles. The predicted octanol–water partition coefficient (Wildman–Crippen LogP) is 0.660. The zero-order valence-electron chi connectivity index (χ0n) is 10.5. The van der Waals surface area contributed by atoms with Crippen molar-refractivity contribution in [2.45, 2.75) is 18.4 Å². The number of halogens is 2. The highest BCUT2D eigenvalue weighted by atomic mass is 79.9. The van der Waals surface area contributed by atoms with Crippen LogP contribution in [0, 0.1) is 0 Å². The van der Waals surface area contributed by atoms with Crippen LogP contribution < -0.4 is 5.73 Å². The maximum Gasteiger partial charge on any atom is 0.167 e. The Hall–Kier alpha value is -1.07. The van der Waals surface area contributed by atoms with Crippen LogP contribution in [0.1, 0.15) is 6.23 Å². The Kier molecular flexibility index (Phi) is 3.97. The summed E-state index contributed by atoms with van der Waals surface area (Å²) in [5.74, 6) is 0.252. The van der Waals surface area contributed by atoms with Gasteiger partial charge in [-0.15, -0.1) is 0 Å². The topological polar surface area (TPSA) is 119 Å². The molecule has 0 spiro atoms. The van der Waals surface area contributed by atoms with Gasteiger partial charge in [0, 0.05) is 5.57 Å². The minimum atomic E-state index is -0.968. The van der Waals surface area contributed by atoms with Gasteiger partial charge in [0.05, 0.1) is 16.3 Å². The van der Waals surface area contributed by atoms with Crippen molar-refractivity contribution in [3.05, 3.63) is 21.6 Å². The summed E-state index contributed by atoms with van der Waals surface area (Å²) in [6, 6.07) is 0. The molecule has 8 nitrogen and oxygen atoms in total. The van der Waals surface area contributed by atoms with E-state index in [4.69, 9.17) is 10.5 Å². The number of rotatable bonds is 2. The van der Waals surface area contributed by atoms with Gasteiger partial charge in [-0.25, -0.2) is 15.0 Å². The third kappa shape index (κ3) is 2.36. The number of nitrogen functional groups attached to an aromatic ring is 1. The SMILES string of the molecule is Nc1ncnc2c1ncn2C1OC(CO)C(=C(Br)Br)C1O. The van der Waals surface area contributed by atoms with Crippen molar-refractivity contribution in [1.29, 1.82) is 0 Å². The Balaban J connectivity index is 2.08. The molecule has 1 aliphatic heterocycles. The number of nitrogens with two attached hydrogens (primary N) is 1. The first-order valence-corrected chi connectivity index (χ1v) is 7.55. The highest BCUT2D eigenvalue weighted by Gasteiger charge is 2.41. The third-order valence-corrected chi connectivity index (χ3v) is 4.20. The molecule has 0 amide bonds. The molecular weight excluding hydrogens is 410 g/mol. The van der Waals surface area contributed by atoms with Gasteiger partial charge in [-0.1, -0.05) is 0 Å². The standard InChI is InChI=1S/C11H11Br2N5O3/c12-8(13)5-4(1-19)21-11(7(5)20)18-3-17-6-9(14)15-2-16-10(6)18/h2-4,7,11,19-20H,1H2,(H2,14,15,16). The van der Waals surface area contributed by atoms with Gasteiger partial charge in [-0.3, -0.25) is 4.57 Å². The van der Waals surface area contributed by atoms with Gasteiger partial charge in [0.15, 0.2) is 17.7 Å². The van der Waals surface area contributed by atoms with Crippen LogP contribution >= 0.6 is 31.9 Å². The van der Waals surface area contributed by atoms with Crippen LogP contribution in [0.4, 0.5) is 5.82 Å². The third-order valence-electron chi connectivity index (χ3n) is 3.28. The first-order chi connectivity index (χ1) is 10.0. The Morgan fingerprint density at radius 1 is 1.38 bits per heavy atom. The molecule has 1 saturated heterocycles. The van der Waals surface area contributed by atoms with Gasteiger partial charge in [-0.2, -0.15) is 0 Å². The number of hydrogen-bond donors (Lipinski definition) is 3. The second-order valence-corrected chi connectivity index (χ2v) is 7.09. The van der Waals surface area contributed by atoms with Crippen molar-refractivity contribution >= 4 is 48.8 Å². The van der Waals surface area contributed by atoms with Crippen LogP contribution in [-0.4, -0.2) is 48.5 Å². The van der Waals surface area contributed by atoms with Crippen LogP contribution in [0.2, 0.25) is 0 Å². The Morgan fingerprint density at radius 2 is 2.14 bits per heavy atom. The molecule has 3 heterocycles. The zero-order chi connectivity index (χ0) is 15.1. The maximum absolute atomic E-state index is 10.4. The maximum atomic E-state index is 10.4. The summed E-state index contributed by atoms with van der Waals surface area (Å²) in [6.45, 7) is -0.257. The minimum absolute atomic E-state index is 0.252. The van der Waals surface area contributed by atoms with Crippen LogP contribution in [0.25, 0.3) is 11.2 Å². The monoisotopic (exact) mass is 419 g/mol. The number of aliphatic hydroxyl groups is 2. The first kappa shape index (κ1) is 14.9. The lowest BCUT2D eigenvalue weighted by Gasteiger charge is -2.16.